The Kier molecular flexibility index (Phi) is 9.29. The maximum absolute atomic E-state index is 5.56. The van der Waals surface area contributed by atoms with Crippen LogP contribution in [0.2, 0.25) is 0 Å². The van der Waals surface area contributed by atoms with Gasteiger partial charge in [0.05, 0.1) is 0 Å². The molecule has 1 unspecified atom stereocenters. The van der Waals surface area contributed by atoms with E-state index in [-0.39, 0.29) is 0 Å². The van der Waals surface area contributed by atoms with Crippen molar-refractivity contribution >= 4 is 0 Å². The Labute approximate surface area is 88.0 Å². The highest BCUT2D eigenvalue weighted by molar-refractivity contribution is 4.68. The Balaban J connectivity index is 3.54. The number of hydrogen-bond donors (Lipinski definition) is 3. The second-order valence-electron chi connectivity index (χ2n) is 3.96. The quantitative estimate of drug-likeness (QED) is 0.445. The van der Waals surface area contributed by atoms with Crippen molar-refractivity contribution in [2.45, 2.75) is 25.3 Å². The first-order valence-corrected chi connectivity index (χ1v) is 5.49. The third kappa shape index (κ3) is 8.44. The summed E-state index contributed by atoms with van der Waals surface area (Å²) < 4.78 is 0. The monoisotopic (exact) mass is 202 g/mol. The van der Waals surface area contributed by atoms with Crippen LogP contribution in [0.3, 0.4) is 0 Å². The van der Waals surface area contributed by atoms with E-state index in [0.717, 1.165) is 45.4 Å². The molecule has 0 heterocycles. The van der Waals surface area contributed by atoms with Crippen LogP contribution in [0.1, 0.15) is 19.3 Å². The molecule has 4 nitrogen and oxygen atoms in total. The smallest absolute Gasteiger partial charge is 0.00912 e. The zero-order valence-electron chi connectivity index (χ0n) is 9.63. The summed E-state index contributed by atoms with van der Waals surface area (Å²) in [5.74, 6) is 0. The van der Waals surface area contributed by atoms with E-state index in [1.807, 2.05) is 0 Å². The molecule has 86 valence electrons. The standard InChI is InChI=1S/C10H26N4/c1-14(2)9-5-10(4-7-12)13-8-3-6-11/h10,13H,3-9,11-12H2,1-2H3. The zero-order valence-corrected chi connectivity index (χ0v) is 9.63. The van der Waals surface area contributed by atoms with Gasteiger partial charge in [-0.1, -0.05) is 0 Å². The fraction of sp³-hybridized carbons (Fsp3) is 1.00. The van der Waals surface area contributed by atoms with Gasteiger partial charge in [-0.15, -0.1) is 0 Å². The Morgan fingerprint density at radius 3 is 2.36 bits per heavy atom. The molecule has 0 aromatic heterocycles. The summed E-state index contributed by atoms with van der Waals surface area (Å²) >= 11 is 0. The summed E-state index contributed by atoms with van der Waals surface area (Å²) in [7, 11) is 4.19. The summed E-state index contributed by atoms with van der Waals surface area (Å²) in [6.45, 7) is 3.64. The minimum absolute atomic E-state index is 0.550. The topological polar surface area (TPSA) is 67.3 Å². The van der Waals surface area contributed by atoms with Crippen molar-refractivity contribution in [3.63, 3.8) is 0 Å². The maximum atomic E-state index is 5.56. The molecular formula is C10H26N4. The van der Waals surface area contributed by atoms with Crippen molar-refractivity contribution in [2.24, 2.45) is 11.5 Å². The van der Waals surface area contributed by atoms with Gasteiger partial charge in [0.1, 0.15) is 0 Å². The predicted molar refractivity (Wildman–Crippen MR) is 62.3 cm³/mol. The fourth-order valence-electron chi connectivity index (χ4n) is 1.37. The van der Waals surface area contributed by atoms with Gasteiger partial charge >= 0.3 is 0 Å². The lowest BCUT2D eigenvalue weighted by Crippen LogP contribution is -2.35. The third-order valence-corrected chi connectivity index (χ3v) is 2.25. The van der Waals surface area contributed by atoms with Crippen molar-refractivity contribution in [3.8, 4) is 0 Å². The minimum atomic E-state index is 0.550. The van der Waals surface area contributed by atoms with Crippen LogP contribution < -0.4 is 16.8 Å². The van der Waals surface area contributed by atoms with Crippen molar-refractivity contribution in [1.29, 1.82) is 0 Å². The van der Waals surface area contributed by atoms with Gasteiger partial charge in [-0.2, -0.15) is 0 Å². The van der Waals surface area contributed by atoms with E-state index < -0.39 is 0 Å². The Hall–Kier alpha value is -0.160. The van der Waals surface area contributed by atoms with E-state index in [0.29, 0.717) is 6.04 Å². The van der Waals surface area contributed by atoms with Crippen molar-refractivity contribution < 1.29 is 0 Å². The third-order valence-electron chi connectivity index (χ3n) is 2.25. The van der Waals surface area contributed by atoms with Gasteiger partial charge in [0.15, 0.2) is 0 Å². The van der Waals surface area contributed by atoms with Gasteiger partial charge in [0.25, 0.3) is 0 Å². The number of nitrogens with one attached hydrogen (secondary N) is 1. The first kappa shape index (κ1) is 13.8. The Morgan fingerprint density at radius 2 is 1.86 bits per heavy atom. The van der Waals surface area contributed by atoms with Crippen molar-refractivity contribution in [1.82, 2.24) is 10.2 Å². The highest BCUT2D eigenvalue weighted by Crippen LogP contribution is 1.98. The minimum Gasteiger partial charge on any atom is -0.330 e. The molecule has 0 aromatic rings. The SMILES string of the molecule is CN(C)CCC(CCN)NCCCN. The average molecular weight is 202 g/mol. The highest BCUT2D eigenvalue weighted by Gasteiger charge is 2.06. The van der Waals surface area contributed by atoms with Crippen molar-refractivity contribution in [3.05, 3.63) is 0 Å². The van der Waals surface area contributed by atoms with Crippen LogP contribution in [0, 0.1) is 0 Å². The molecule has 0 spiro atoms. The lowest BCUT2D eigenvalue weighted by molar-refractivity contribution is 0.350. The molecule has 4 heteroatoms. The van der Waals surface area contributed by atoms with E-state index >= 15 is 0 Å². The number of rotatable bonds is 9. The van der Waals surface area contributed by atoms with Crippen LogP contribution in [0.4, 0.5) is 0 Å². The predicted octanol–water partition coefficient (Wildman–Crippen LogP) is -0.406. The highest BCUT2D eigenvalue weighted by atomic mass is 15.1. The van der Waals surface area contributed by atoms with Crippen LogP contribution in [-0.4, -0.2) is 51.2 Å². The van der Waals surface area contributed by atoms with Crippen molar-refractivity contribution in [2.75, 3.05) is 40.3 Å². The van der Waals surface area contributed by atoms with Gasteiger partial charge < -0.3 is 21.7 Å². The van der Waals surface area contributed by atoms with Gasteiger partial charge in [0.2, 0.25) is 0 Å². The van der Waals surface area contributed by atoms with Gasteiger partial charge in [-0.25, -0.2) is 0 Å². The van der Waals surface area contributed by atoms with E-state index in [1.54, 1.807) is 0 Å². The molecule has 0 aliphatic carbocycles. The lowest BCUT2D eigenvalue weighted by Gasteiger charge is -2.20. The van der Waals surface area contributed by atoms with Gasteiger partial charge in [0, 0.05) is 6.04 Å². The molecular weight excluding hydrogens is 176 g/mol. The molecule has 0 amide bonds. The van der Waals surface area contributed by atoms with Gasteiger partial charge in [-0.3, -0.25) is 0 Å². The zero-order chi connectivity index (χ0) is 10.8. The van der Waals surface area contributed by atoms with Crippen LogP contribution in [-0.2, 0) is 0 Å². The number of nitrogens with two attached hydrogens (primary N) is 2. The normalized spacial score (nSPS) is 13.5. The molecule has 0 rings (SSSR count). The second kappa shape index (κ2) is 9.40. The van der Waals surface area contributed by atoms with Gasteiger partial charge in [-0.05, 0) is 59.5 Å². The molecule has 0 fully saturated rings. The molecule has 1 atom stereocenters. The van der Waals surface area contributed by atoms with Crippen LogP contribution >= 0.6 is 0 Å². The van der Waals surface area contributed by atoms with E-state index in [2.05, 4.69) is 24.3 Å². The molecule has 0 bridgehead atoms. The van der Waals surface area contributed by atoms with E-state index in [9.17, 15) is 0 Å². The number of hydrogen-bond acceptors (Lipinski definition) is 4. The molecule has 0 aliphatic rings. The number of nitrogens with zero attached hydrogens (tertiary/aromatic N) is 1. The molecule has 0 aliphatic heterocycles. The molecule has 14 heavy (non-hydrogen) atoms. The van der Waals surface area contributed by atoms with Crippen LogP contribution in [0.5, 0.6) is 0 Å². The van der Waals surface area contributed by atoms with E-state index in [4.69, 9.17) is 11.5 Å². The largest absolute Gasteiger partial charge is 0.330 e. The average Bonchev–Trinajstić information content (AvgIpc) is 2.14. The molecule has 0 saturated carbocycles. The fourth-order valence-corrected chi connectivity index (χ4v) is 1.37. The first-order valence-electron chi connectivity index (χ1n) is 5.49. The molecule has 0 radical (unpaired) electrons. The maximum Gasteiger partial charge on any atom is 0.00912 e. The first-order chi connectivity index (χ1) is 6.70. The molecule has 0 aromatic carbocycles. The summed E-state index contributed by atoms with van der Waals surface area (Å²) in [5.41, 5.74) is 11.0. The Morgan fingerprint density at radius 1 is 1.14 bits per heavy atom. The summed E-state index contributed by atoms with van der Waals surface area (Å²) in [4.78, 5) is 2.20. The summed E-state index contributed by atoms with van der Waals surface area (Å²) in [6, 6.07) is 0.550. The Bertz CT molecular complexity index is 117. The summed E-state index contributed by atoms with van der Waals surface area (Å²) in [6.07, 6.45) is 3.26. The van der Waals surface area contributed by atoms with Crippen LogP contribution in [0.25, 0.3) is 0 Å². The molecule has 0 saturated heterocycles. The second-order valence-corrected chi connectivity index (χ2v) is 3.96. The van der Waals surface area contributed by atoms with Crippen LogP contribution in [0.15, 0.2) is 0 Å². The molecule has 5 N–H and O–H groups in total. The lowest BCUT2D eigenvalue weighted by atomic mass is 10.1. The summed E-state index contributed by atoms with van der Waals surface area (Å²) in [5, 5.41) is 3.49. The van der Waals surface area contributed by atoms with E-state index in [1.165, 1.54) is 0 Å².